The molecule has 2 nitrogen and oxygen atoms in total. The predicted molar refractivity (Wildman–Crippen MR) is 61.4 cm³/mol. The van der Waals surface area contributed by atoms with Crippen LogP contribution in [0.2, 0.25) is 5.02 Å². The van der Waals surface area contributed by atoms with E-state index in [0.717, 1.165) is 11.1 Å². The molecule has 1 aromatic rings. The molecule has 0 saturated carbocycles. The van der Waals surface area contributed by atoms with E-state index in [-0.39, 0.29) is 5.92 Å². The first-order chi connectivity index (χ1) is 6.93. The molecular weight excluding hydrogens is 212 g/mol. The quantitative estimate of drug-likeness (QED) is 0.857. The highest BCUT2D eigenvalue weighted by Gasteiger charge is 2.22. The number of hydrogen-bond donors (Lipinski definition) is 1. The zero-order valence-electron chi connectivity index (χ0n) is 9.12. The van der Waals surface area contributed by atoms with Gasteiger partial charge in [0.15, 0.2) is 0 Å². The molecule has 0 aliphatic heterocycles. The Morgan fingerprint density at radius 3 is 2.53 bits per heavy atom. The summed E-state index contributed by atoms with van der Waals surface area (Å²) in [7, 11) is 0. The zero-order chi connectivity index (χ0) is 11.6. The summed E-state index contributed by atoms with van der Waals surface area (Å²) in [5.74, 6) is -1.29. The van der Waals surface area contributed by atoms with Crippen LogP contribution in [-0.4, -0.2) is 11.1 Å². The molecule has 0 radical (unpaired) electrons. The lowest BCUT2D eigenvalue weighted by molar-refractivity contribution is -0.141. The third-order valence-corrected chi connectivity index (χ3v) is 3.13. The fourth-order valence-electron chi connectivity index (χ4n) is 1.50. The van der Waals surface area contributed by atoms with Gasteiger partial charge in [-0.15, -0.1) is 0 Å². The van der Waals surface area contributed by atoms with E-state index in [1.54, 1.807) is 6.92 Å². The van der Waals surface area contributed by atoms with Gasteiger partial charge in [0.1, 0.15) is 0 Å². The molecule has 82 valence electrons. The molecule has 0 saturated heterocycles. The molecule has 0 aliphatic rings. The van der Waals surface area contributed by atoms with E-state index in [9.17, 15) is 4.79 Å². The Morgan fingerprint density at radius 2 is 2.00 bits per heavy atom. The van der Waals surface area contributed by atoms with Crippen LogP contribution in [0, 0.1) is 12.8 Å². The smallest absolute Gasteiger partial charge is 0.306 e. The van der Waals surface area contributed by atoms with Gasteiger partial charge < -0.3 is 5.11 Å². The van der Waals surface area contributed by atoms with Crippen LogP contribution in [0.25, 0.3) is 0 Å². The fraction of sp³-hybridized carbons (Fsp3) is 0.417. The molecule has 15 heavy (non-hydrogen) atoms. The van der Waals surface area contributed by atoms with Crippen LogP contribution in [0.4, 0.5) is 0 Å². The van der Waals surface area contributed by atoms with Crippen molar-refractivity contribution in [3.63, 3.8) is 0 Å². The molecule has 3 heteroatoms. The summed E-state index contributed by atoms with van der Waals surface area (Å²) in [6, 6.07) is 5.69. The van der Waals surface area contributed by atoms with Gasteiger partial charge in [-0.2, -0.15) is 0 Å². The number of carboxylic acid groups (broad SMARTS) is 1. The fourth-order valence-corrected chi connectivity index (χ4v) is 1.78. The van der Waals surface area contributed by atoms with Crippen LogP contribution in [0.1, 0.15) is 30.9 Å². The second-order valence-corrected chi connectivity index (χ2v) is 4.35. The standard InChI is InChI=1S/C12H15ClO2/c1-7-4-5-11(13)10(6-7)8(2)9(3)12(14)15/h4-6,8-9H,1-3H3,(H,14,15). The third-order valence-electron chi connectivity index (χ3n) is 2.78. The average molecular weight is 227 g/mol. The maximum atomic E-state index is 10.9. The van der Waals surface area contributed by atoms with Crippen molar-refractivity contribution < 1.29 is 9.90 Å². The summed E-state index contributed by atoms with van der Waals surface area (Å²) in [6.45, 7) is 5.56. The van der Waals surface area contributed by atoms with Crippen molar-refractivity contribution in [3.05, 3.63) is 34.3 Å². The van der Waals surface area contributed by atoms with Crippen LogP contribution in [-0.2, 0) is 4.79 Å². The molecule has 0 aliphatic carbocycles. The van der Waals surface area contributed by atoms with Gasteiger partial charge in [-0.25, -0.2) is 0 Å². The van der Waals surface area contributed by atoms with Crippen molar-refractivity contribution in [1.29, 1.82) is 0 Å². The van der Waals surface area contributed by atoms with Gasteiger partial charge in [-0.3, -0.25) is 4.79 Å². The van der Waals surface area contributed by atoms with Gasteiger partial charge in [-0.1, -0.05) is 43.1 Å². The number of hydrogen-bond acceptors (Lipinski definition) is 1. The molecule has 0 amide bonds. The van der Waals surface area contributed by atoms with E-state index in [0.29, 0.717) is 5.02 Å². The lowest BCUT2D eigenvalue weighted by atomic mass is 9.88. The molecule has 0 aromatic heterocycles. The second-order valence-electron chi connectivity index (χ2n) is 3.94. The van der Waals surface area contributed by atoms with E-state index in [1.165, 1.54) is 0 Å². The summed E-state index contributed by atoms with van der Waals surface area (Å²) in [5, 5.41) is 9.57. The van der Waals surface area contributed by atoms with E-state index in [4.69, 9.17) is 16.7 Å². The van der Waals surface area contributed by atoms with Crippen molar-refractivity contribution >= 4 is 17.6 Å². The van der Waals surface area contributed by atoms with E-state index in [1.807, 2.05) is 32.0 Å². The first kappa shape index (κ1) is 12.1. The molecule has 2 unspecified atom stereocenters. The number of carboxylic acids is 1. The van der Waals surface area contributed by atoms with Gasteiger partial charge in [0.25, 0.3) is 0 Å². The van der Waals surface area contributed by atoms with E-state index >= 15 is 0 Å². The number of benzene rings is 1. The molecule has 0 bridgehead atoms. The molecule has 0 spiro atoms. The van der Waals surface area contributed by atoms with Crippen LogP contribution in [0.5, 0.6) is 0 Å². The predicted octanol–water partition coefficient (Wildman–Crippen LogP) is 3.47. The van der Waals surface area contributed by atoms with Gasteiger partial charge in [-0.05, 0) is 24.5 Å². The normalized spacial score (nSPS) is 14.7. The first-order valence-electron chi connectivity index (χ1n) is 4.92. The topological polar surface area (TPSA) is 37.3 Å². The molecule has 2 atom stereocenters. The minimum atomic E-state index is -0.792. The molecule has 1 N–H and O–H groups in total. The molecule has 1 rings (SSSR count). The van der Waals surface area contributed by atoms with Crippen LogP contribution < -0.4 is 0 Å². The Bertz CT molecular complexity index is 374. The van der Waals surface area contributed by atoms with Crippen molar-refractivity contribution in [1.82, 2.24) is 0 Å². The lowest BCUT2D eigenvalue weighted by Crippen LogP contribution is -2.17. The summed E-state index contributed by atoms with van der Waals surface area (Å²) in [4.78, 5) is 10.9. The first-order valence-corrected chi connectivity index (χ1v) is 5.30. The van der Waals surface area contributed by atoms with E-state index in [2.05, 4.69) is 0 Å². The summed E-state index contributed by atoms with van der Waals surface area (Å²) in [5.41, 5.74) is 2.01. The lowest BCUT2D eigenvalue weighted by Gasteiger charge is -2.18. The molecule has 0 heterocycles. The van der Waals surface area contributed by atoms with Gasteiger partial charge in [0.2, 0.25) is 0 Å². The molecule has 1 aromatic carbocycles. The van der Waals surface area contributed by atoms with Crippen LogP contribution in [0.3, 0.4) is 0 Å². The molecule has 0 fully saturated rings. The SMILES string of the molecule is Cc1ccc(Cl)c(C(C)C(C)C(=O)O)c1. The highest BCUT2D eigenvalue weighted by Crippen LogP contribution is 2.30. The Hall–Kier alpha value is -1.02. The summed E-state index contributed by atoms with van der Waals surface area (Å²) in [6.07, 6.45) is 0. The highest BCUT2D eigenvalue weighted by molar-refractivity contribution is 6.31. The van der Waals surface area contributed by atoms with Crippen molar-refractivity contribution in [3.8, 4) is 0 Å². The maximum Gasteiger partial charge on any atom is 0.306 e. The Kier molecular flexibility index (Phi) is 3.75. The second kappa shape index (κ2) is 4.67. The summed E-state index contributed by atoms with van der Waals surface area (Å²) >= 11 is 6.05. The summed E-state index contributed by atoms with van der Waals surface area (Å²) < 4.78 is 0. The monoisotopic (exact) mass is 226 g/mol. The Labute approximate surface area is 94.9 Å². The van der Waals surface area contributed by atoms with Crippen molar-refractivity contribution in [2.75, 3.05) is 0 Å². The van der Waals surface area contributed by atoms with Crippen molar-refractivity contribution in [2.24, 2.45) is 5.92 Å². The Morgan fingerprint density at radius 1 is 1.40 bits per heavy atom. The number of aryl methyl sites for hydroxylation is 1. The molecular formula is C12H15ClO2. The van der Waals surface area contributed by atoms with Gasteiger partial charge >= 0.3 is 5.97 Å². The number of rotatable bonds is 3. The maximum absolute atomic E-state index is 10.9. The highest BCUT2D eigenvalue weighted by atomic mass is 35.5. The largest absolute Gasteiger partial charge is 0.481 e. The minimum absolute atomic E-state index is 0.0742. The minimum Gasteiger partial charge on any atom is -0.481 e. The van der Waals surface area contributed by atoms with Gasteiger partial charge in [0, 0.05) is 5.02 Å². The van der Waals surface area contributed by atoms with Crippen LogP contribution in [0.15, 0.2) is 18.2 Å². The number of aliphatic carboxylic acids is 1. The van der Waals surface area contributed by atoms with Gasteiger partial charge in [0.05, 0.1) is 5.92 Å². The van der Waals surface area contributed by atoms with Crippen molar-refractivity contribution in [2.45, 2.75) is 26.7 Å². The third kappa shape index (κ3) is 2.72. The average Bonchev–Trinajstić information content (AvgIpc) is 2.19. The number of carbonyl (C=O) groups is 1. The van der Waals surface area contributed by atoms with Crippen LogP contribution >= 0.6 is 11.6 Å². The number of halogens is 1. The Balaban J connectivity index is 3.04. The zero-order valence-corrected chi connectivity index (χ0v) is 9.88. The van der Waals surface area contributed by atoms with E-state index < -0.39 is 11.9 Å².